The minimum atomic E-state index is -0.107. The van der Waals surface area contributed by atoms with Crippen LogP contribution in [0.15, 0.2) is 35.3 Å². The van der Waals surface area contributed by atoms with E-state index >= 15 is 0 Å². The van der Waals surface area contributed by atoms with Gasteiger partial charge in [-0.1, -0.05) is 25.0 Å². The lowest BCUT2D eigenvalue weighted by molar-refractivity contribution is -0.131. The Bertz CT molecular complexity index is 700. The van der Waals surface area contributed by atoms with E-state index in [0.717, 1.165) is 25.9 Å². The molecule has 1 aliphatic rings. The molecular formula is C16H19N3O2. The number of amides is 1. The first-order valence-electron chi connectivity index (χ1n) is 7.48. The fraction of sp³-hybridized carbons (Fsp3) is 0.438. The average Bonchev–Trinajstić information content (AvgIpc) is 2.79. The van der Waals surface area contributed by atoms with Crippen LogP contribution in [-0.4, -0.2) is 33.7 Å². The van der Waals surface area contributed by atoms with Crippen molar-refractivity contribution >= 4 is 16.8 Å². The lowest BCUT2D eigenvalue weighted by Crippen LogP contribution is -2.35. The van der Waals surface area contributed by atoms with E-state index < -0.39 is 0 Å². The first-order valence-corrected chi connectivity index (χ1v) is 7.48. The molecule has 1 aromatic carbocycles. The molecule has 1 saturated heterocycles. The Labute approximate surface area is 123 Å². The van der Waals surface area contributed by atoms with Crippen LogP contribution in [0.25, 0.3) is 10.9 Å². The monoisotopic (exact) mass is 285 g/mol. The number of fused-ring (bicyclic) bond motifs is 1. The topological polar surface area (TPSA) is 55.2 Å². The normalized spacial score (nSPS) is 15.9. The van der Waals surface area contributed by atoms with Gasteiger partial charge in [-0.25, -0.2) is 0 Å². The zero-order valence-electron chi connectivity index (χ0n) is 12.0. The van der Waals surface area contributed by atoms with Crippen molar-refractivity contribution in [3.8, 4) is 0 Å². The second-order valence-electron chi connectivity index (χ2n) is 5.48. The van der Waals surface area contributed by atoms with Crippen molar-refractivity contribution < 1.29 is 4.79 Å². The number of likely N-dealkylation sites (tertiary alicyclic amines) is 1. The van der Waals surface area contributed by atoms with Crippen LogP contribution in [-0.2, 0) is 11.3 Å². The molecule has 0 bridgehead atoms. The molecule has 1 aliphatic heterocycles. The molecule has 0 radical (unpaired) electrons. The smallest absolute Gasteiger partial charge is 0.244 e. The SMILES string of the molecule is O=C(Cn1ncc(=O)c2ccccc21)N1CCCCCC1. The number of hydrogen-bond donors (Lipinski definition) is 0. The van der Waals surface area contributed by atoms with Crippen LogP contribution >= 0.6 is 0 Å². The molecule has 0 aliphatic carbocycles. The van der Waals surface area contributed by atoms with Crippen LogP contribution in [0, 0.1) is 0 Å². The van der Waals surface area contributed by atoms with Gasteiger partial charge in [-0.2, -0.15) is 5.10 Å². The van der Waals surface area contributed by atoms with Crippen molar-refractivity contribution in [3.63, 3.8) is 0 Å². The molecule has 0 saturated carbocycles. The highest BCUT2D eigenvalue weighted by atomic mass is 16.2. The molecule has 21 heavy (non-hydrogen) atoms. The molecule has 1 aromatic heterocycles. The summed E-state index contributed by atoms with van der Waals surface area (Å²) >= 11 is 0. The van der Waals surface area contributed by atoms with Crippen molar-refractivity contribution in [2.45, 2.75) is 32.2 Å². The van der Waals surface area contributed by atoms with E-state index in [0.29, 0.717) is 10.9 Å². The number of carbonyl (C=O) groups excluding carboxylic acids is 1. The van der Waals surface area contributed by atoms with Crippen molar-refractivity contribution in [1.29, 1.82) is 0 Å². The minimum absolute atomic E-state index is 0.0817. The fourth-order valence-electron chi connectivity index (χ4n) is 2.84. The number of para-hydroxylation sites is 1. The number of aromatic nitrogens is 2. The molecule has 110 valence electrons. The van der Waals surface area contributed by atoms with Gasteiger partial charge in [0.25, 0.3) is 0 Å². The highest BCUT2D eigenvalue weighted by molar-refractivity contribution is 5.81. The van der Waals surface area contributed by atoms with E-state index in [-0.39, 0.29) is 17.9 Å². The van der Waals surface area contributed by atoms with Gasteiger partial charge in [0, 0.05) is 18.5 Å². The number of benzene rings is 1. The number of rotatable bonds is 2. The average molecular weight is 285 g/mol. The Morgan fingerprint density at radius 2 is 1.81 bits per heavy atom. The van der Waals surface area contributed by atoms with Gasteiger partial charge in [0.2, 0.25) is 11.3 Å². The summed E-state index contributed by atoms with van der Waals surface area (Å²) in [5.74, 6) is 0.0817. The molecule has 0 spiro atoms. The quantitative estimate of drug-likeness (QED) is 0.845. The second-order valence-corrected chi connectivity index (χ2v) is 5.48. The maximum atomic E-state index is 12.4. The van der Waals surface area contributed by atoms with Crippen LogP contribution in [0.2, 0.25) is 0 Å². The standard InChI is InChI=1S/C16H19N3O2/c20-15-11-17-19(14-8-4-3-7-13(14)15)12-16(21)18-9-5-1-2-6-10-18/h3-4,7-8,11H,1-2,5-6,9-10,12H2. The molecule has 1 fully saturated rings. The van der Waals surface area contributed by atoms with E-state index in [1.807, 2.05) is 23.1 Å². The molecule has 2 heterocycles. The third-order valence-corrected chi connectivity index (χ3v) is 4.01. The Balaban J connectivity index is 1.86. The second kappa shape index (κ2) is 6.08. The van der Waals surface area contributed by atoms with Gasteiger partial charge in [0.15, 0.2) is 0 Å². The Morgan fingerprint density at radius 1 is 1.10 bits per heavy atom. The molecule has 5 nitrogen and oxygen atoms in total. The van der Waals surface area contributed by atoms with E-state index in [1.54, 1.807) is 10.7 Å². The Morgan fingerprint density at radius 3 is 2.57 bits per heavy atom. The van der Waals surface area contributed by atoms with Gasteiger partial charge in [-0.15, -0.1) is 0 Å². The maximum Gasteiger partial charge on any atom is 0.244 e. The molecule has 3 rings (SSSR count). The predicted octanol–water partition coefficient (Wildman–Crippen LogP) is 1.80. The summed E-state index contributed by atoms with van der Waals surface area (Å²) < 4.78 is 1.63. The first kappa shape index (κ1) is 13.8. The van der Waals surface area contributed by atoms with E-state index in [1.165, 1.54) is 19.0 Å². The number of carbonyl (C=O) groups is 1. The van der Waals surface area contributed by atoms with Crippen molar-refractivity contribution in [3.05, 3.63) is 40.7 Å². The summed E-state index contributed by atoms with van der Waals surface area (Å²) in [4.78, 5) is 26.1. The summed E-state index contributed by atoms with van der Waals surface area (Å²) in [6.07, 6.45) is 5.83. The molecule has 0 unspecified atom stereocenters. The van der Waals surface area contributed by atoms with Gasteiger partial charge in [-0.3, -0.25) is 14.3 Å². The van der Waals surface area contributed by atoms with Crippen LogP contribution < -0.4 is 5.43 Å². The number of nitrogens with zero attached hydrogens (tertiary/aromatic N) is 3. The van der Waals surface area contributed by atoms with Gasteiger partial charge in [0.05, 0.1) is 11.7 Å². The Hall–Kier alpha value is -2.17. The van der Waals surface area contributed by atoms with Gasteiger partial charge < -0.3 is 4.90 Å². The molecule has 0 N–H and O–H groups in total. The van der Waals surface area contributed by atoms with Crippen LogP contribution in [0.3, 0.4) is 0 Å². The zero-order valence-corrected chi connectivity index (χ0v) is 12.0. The van der Waals surface area contributed by atoms with Gasteiger partial charge >= 0.3 is 0 Å². The molecule has 0 atom stereocenters. The lowest BCUT2D eigenvalue weighted by Gasteiger charge is -2.21. The van der Waals surface area contributed by atoms with E-state index in [2.05, 4.69) is 5.10 Å². The summed E-state index contributed by atoms with van der Waals surface area (Å²) in [5, 5.41) is 4.73. The summed E-state index contributed by atoms with van der Waals surface area (Å²) in [6.45, 7) is 1.86. The number of hydrogen-bond acceptors (Lipinski definition) is 3. The zero-order chi connectivity index (χ0) is 14.7. The summed E-state index contributed by atoms with van der Waals surface area (Å²) in [5.41, 5.74) is 0.609. The minimum Gasteiger partial charge on any atom is -0.341 e. The van der Waals surface area contributed by atoms with Crippen molar-refractivity contribution in [1.82, 2.24) is 14.7 Å². The van der Waals surface area contributed by atoms with Gasteiger partial charge in [-0.05, 0) is 25.0 Å². The van der Waals surface area contributed by atoms with Crippen LogP contribution in [0.5, 0.6) is 0 Å². The third-order valence-electron chi connectivity index (χ3n) is 4.01. The van der Waals surface area contributed by atoms with Crippen molar-refractivity contribution in [2.75, 3.05) is 13.1 Å². The van der Waals surface area contributed by atoms with Gasteiger partial charge in [0.1, 0.15) is 6.54 Å². The fourth-order valence-corrected chi connectivity index (χ4v) is 2.84. The largest absolute Gasteiger partial charge is 0.341 e. The van der Waals surface area contributed by atoms with Crippen LogP contribution in [0.1, 0.15) is 25.7 Å². The highest BCUT2D eigenvalue weighted by Crippen LogP contribution is 2.12. The highest BCUT2D eigenvalue weighted by Gasteiger charge is 2.16. The molecule has 2 aromatic rings. The Kier molecular flexibility index (Phi) is 3.99. The molecule has 1 amide bonds. The maximum absolute atomic E-state index is 12.4. The van der Waals surface area contributed by atoms with Crippen LogP contribution in [0.4, 0.5) is 0 Å². The molecule has 5 heteroatoms. The predicted molar refractivity (Wildman–Crippen MR) is 81.1 cm³/mol. The first-order chi connectivity index (χ1) is 10.3. The summed E-state index contributed by atoms with van der Waals surface area (Å²) in [7, 11) is 0. The lowest BCUT2D eigenvalue weighted by atomic mass is 10.2. The van der Waals surface area contributed by atoms with E-state index in [4.69, 9.17) is 0 Å². The summed E-state index contributed by atoms with van der Waals surface area (Å²) in [6, 6.07) is 7.28. The molecular weight excluding hydrogens is 266 g/mol. The van der Waals surface area contributed by atoms with E-state index in [9.17, 15) is 9.59 Å². The third kappa shape index (κ3) is 2.96. The van der Waals surface area contributed by atoms with Crippen molar-refractivity contribution in [2.24, 2.45) is 0 Å².